The van der Waals surface area contributed by atoms with Gasteiger partial charge in [0.2, 0.25) is 5.91 Å². The van der Waals surface area contributed by atoms with Crippen molar-refractivity contribution in [3.8, 4) is 0 Å². The van der Waals surface area contributed by atoms with Crippen LogP contribution in [-0.2, 0) is 4.79 Å². The summed E-state index contributed by atoms with van der Waals surface area (Å²) in [6.45, 7) is 5.72. The van der Waals surface area contributed by atoms with Gasteiger partial charge in [-0.2, -0.15) is 0 Å². The number of hydrogen-bond donors (Lipinski definition) is 3. The Kier molecular flexibility index (Phi) is 7.68. The Morgan fingerprint density at radius 2 is 1.95 bits per heavy atom. The lowest BCUT2D eigenvalue weighted by Gasteiger charge is -2.18. The van der Waals surface area contributed by atoms with E-state index in [4.69, 9.17) is 5.73 Å². The molecule has 0 radical (unpaired) electrons. The molecule has 1 rings (SSSR count). The molecule has 3 unspecified atom stereocenters. The highest BCUT2D eigenvalue weighted by Gasteiger charge is 2.18. The molecule has 0 saturated carbocycles. The fourth-order valence-electron chi connectivity index (χ4n) is 1.67. The van der Waals surface area contributed by atoms with E-state index in [2.05, 4.69) is 5.32 Å². The predicted molar refractivity (Wildman–Crippen MR) is 79.2 cm³/mol. The lowest BCUT2D eigenvalue weighted by Crippen LogP contribution is -2.40. The normalized spacial score (nSPS) is 15.0. The van der Waals surface area contributed by atoms with Crippen molar-refractivity contribution in [1.82, 2.24) is 5.32 Å². The Morgan fingerprint density at radius 3 is 2.47 bits per heavy atom. The van der Waals surface area contributed by atoms with Crippen LogP contribution in [0.1, 0.15) is 31.1 Å². The zero-order valence-corrected chi connectivity index (χ0v) is 12.4. The first-order valence-corrected chi connectivity index (χ1v) is 6.20. The van der Waals surface area contributed by atoms with Crippen molar-refractivity contribution in [3.05, 3.63) is 35.4 Å². The second kappa shape index (κ2) is 8.15. The van der Waals surface area contributed by atoms with Crippen LogP contribution >= 0.6 is 12.4 Å². The largest absolute Gasteiger partial charge is 0.387 e. The van der Waals surface area contributed by atoms with Gasteiger partial charge in [-0.3, -0.25) is 4.79 Å². The van der Waals surface area contributed by atoms with Crippen LogP contribution in [0.5, 0.6) is 0 Å². The van der Waals surface area contributed by atoms with Crippen molar-refractivity contribution < 1.29 is 9.90 Å². The number of aliphatic hydroxyl groups is 1. The van der Waals surface area contributed by atoms with E-state index in [1.54, 1.807) is 13.8 Å². The van der Waals surface area contributed by atoms with Crippen molar-refractivity contribution in [3.63, 3.8) is 0 Å². The number of hydrogen-bond acceptors (Lipinski definition) is 3. The Bertz CT molecular complexity index is 410. The van der Waals surface area contributed by atoms with Crippen LogP contribution in [0.4, 0.5) is 0 Å². The summed E-state index contributed by atoms with van der Waals surface area (Å²) in [6.07, 6.45) is -0.685. The molecule has 0 aliphatic heterocycles. The van der Waals surface area contributed by atoms with Crippen molar-refractivity contribution in [2.24, 2.45) is 11.7 Å². The van der Waals surface area contributed by atoms with Gasteiger partial charge < -0.3 is 16.2 Å². The number of benzene rings is 1. The van der Waals surface area contributed by atoms with Crippen molar-refractivity contribution in [2.75, 3.05) is 6.54 Å². The van der Waals surface area contributed by atoms with Crippen molar-refractivity contribution in [1.29, 1.82) is 0 Å². The van der Waals surface area contributed by atoms with E-state index < -0.39 is 6.10 Å². The molecule has 108 valence electrons. The van der Waals surface area contributed by atoms with Crippen molar-refractivity contribution >= 4 is 18.3 Å². The third-order valence-electron chi connectivity index (χ3n) is 3.22. The highest BCUT2D eigenvalue weighted by atomic mass is 35.5. The zero-order chi connectivity index (χ0) is 13.7. The number of aryl methyl sites for hydroxylation is 1. The summed E-state index contributed by atoms with van der Waals surface area (Å²) in [5.41, 5.74) is 7.51. The fourth-order valence-corrected chi connectivity index (χ4v) is 1.67. The summed E-state index contributed by atoms with van der Waals surface area (Å²) >= 11 is 0. The van der Waals surface area contributed by atoms with E-state index in [0.29, 0.717) is 0 Å². The molecular weight excluding hydrogens is 264 g/mol. The minimum Gasteiger partial charge on any atom is -0.387 e. The summed E-state index contributed by atoms with van der Waals surface area (Å²) in [4.78, 5) is 11.7. The molecular formula is C14H23ClN2O2. The summed E-state index contributed by atoms with van der Waals surface area (Å²) in [6, 6.07) is 7.40. The van der Waals surface area contributed by atoms with Gasteiger partial charge in [0.05, 0.1) is 6.10 Å². The highest BCUT2D eigenvalue weighted by Crippen LogP contribution is 2.16. The molecule has 0 heterocycles. The first kappa shape index (κ1) is 17.9. The number of aliphatic hydroxyl groups excluding tert-OH is 1. The predicted octanol–water partition coefficient (Wildman–Crippen LogP) is 1.55. The lowest BCUT2D eigenvalue weighted by molar-refractivity contribution is -0.125. The maximum Gasteiger partial charge on any atom is 0.224 e. The first-order chi connectivity index (χ1) is 8.43. The van der Waals surface area contributed by atoms with Gasteiger partial charge >= 0.3 is 0 Å². The third-order valence-corrected chi connectivity index (χ3v) is 3.22. The molecule has 0 spiro atoms. The van der Waals surface area contributed by atoms with E-state index in [0.717, 1.165) is 11.1 Å². The molecule has 4 N–H and O–H groups in total. The molecule has 19 heavy (non-hydrogen) atoms. The average molecular weight is 287 g/mol. The van der Waals surface area contributed by atoms with Crippen LogP contribution in [-0.4, -0.2) is 23.6 Å². The number of rotatable bonds is 5. The second-order valence-corrected chi connectivity index (χ2v) is 4.77. The molecule has 0 aromatic heterocycles. The summed E-state index contributed by atoms with van der Waals surface area (Å²) in [7, 11) is 0. The van der Waals surface area contributed by atoms with Gasteiger partial charge in [-0.25, -0.2) is 0 Å². The molecule has 4 nitrogen and oxygen atoms in total. The van der Waals surface area contributed by atoms with Gasteiger partial charge in [0.25, 0.3) is 0 Å². The van der Waals surface area contributed by atoms with Crippen LogP contribution < -0.4 is 11.1 Å². The van der Waals surface area contributed by atoms with E-state index in [1.807, 2.05) is 31.2 Å². The molecule has 1 aromatic carbocycles. The Hall–Kier alpha value is -1.10. The lowest BCUT2D eigenvalue weighted by atomic mass is 10.0. The molecule has 0 fully saturated rings. The Balaban J connectivity index is 0.00000324. The number of carbonyl (C=O) groups excluding carboxylic acids is 1. The Morgan fingerprint density at radius 1 is 1.37 bits per heavy atom. The van der Waals surface area contributed by atoms with E-state index in [-0.39, 0.29) is 36.8 Å². The van der Waals surface area contributed by atoms with E-state index in [9.17, 15) is 9.90 Å². The molecule has 0 aliphatic rings. The monoisotopic (exact) mass is 286 g/mol. The number of carbonyl (C=O) groups is 1. The summed E-state index contributed by atoms with van der Waals surface area (Å²) in [5, 5.41) is 12.7. The van der Waals surface area contributed by atoms with Gasteiger partial charge in [0.15, 0.2) is 0 Å². The topological polar surface area (TPSA) is 75.3 Å². The van der Waals surface area contributed by atoms with Gasteiger partial charge in [-0.05, 0) is 25.0 Å². The molecule has 1 amide bonds. The number of amides is 1. The SMILES string of the molecule is Cc1ccccc1C(O)CNC(=O)C(C)C(C)N.Cl. The molecule has 3 atom stereocenters. The van der Waals surface area contributed by atoms with Gasteiger partial charge in [-0.15, -0.1) is 12.4 Å². The van der Waals surface area contributed by atoms with E-state index >= 15 is 0 Å². The molecule has 5 heteroatoms. The maximum absolute atomic E-state index is 11.7. The molecule has 0 aliphatic carbocycles. The average Bonchev–Trinajstić information content (AvgIpc) is 2.35. The van der Waals surface area contributed by atoms with Crippen LogP contribution in [0, 0.1) is 12.8 Å². The quantitative estimate of drug-likeness (QED) is 0.769. The number of nitrogens with two attached hydrogens (primary N) is 1. The van der Waals surface area contributed by atoms with E-state index in [1.165, 1.54) is 0 Å². The van der Waals surface area contributed by atoms with Crippen LogP contribution in [0.3, 0.4) is 0 Å². The first-order valence-electron chi connectivity index (χ1n) is 6.20. The molecule has 0 bridgehead atoms. The Labute approximate surface area is 120 Å². The highest BCUT2D eigenvalue weighted by molar-refractivity contribution is 5.85. The summed E-state index contributed by atoms with van der Waals surface area (Å²) in [5.74, 6) is -0.383. The van der Waals surface area contributed by atoms with Crippen LogP contribution in [0.2, 0.25) is 0 Å². The molecule has 1 aromatic rings. The van der Waals surface area contributed by atoms with Crippen LogP contribution in [0.15, 0.2) is 24.3 Å². The van der Waals surface area contributed by atoms with Gasteiger partial charge in [0, 0.05) is 18.5 Å². The van der Waals surface area contributed by atoms with Gasteiger partial charge in [-0.1, -0.05) is 31.2 Å². The maximum atomic E-state index is 11.7. The number of nitrogens with one attached hydrogen (secondary N) is 1. The van der Waals surface area contributed by atoms with Gasteiger partial charge in [0.1, 0.15) is 0 Å². The minimum atomic E-state index is -0.685. The second-order valence-electron chi connectivity index (χ2n) is 4.77. The summed E-state index contributed by atoms with van der Waals surface area (Å²) < 4.78 is 0. The zero-order valence-electron chi connectivity index (χ0n) is 11.6. The fraction of sp³-hybridized carbons (Fsp3) is 0.500. The third kappa shape index (κ3) is 5.19. The standard InChI is InChI=1S/C14H22N2O2.ClH/c1-9-6-4-5-7-12(9)13(17)8-16-14(18)10(2)11(3)15;/h4-7,10-11,13,17H,8,15H2,1-3H3,(H,16,18);1H. The van der Waals surface area contributed by atoms with Crippen LogP contribution in [0.25, 0.3) is 0 Å². The number of halogens is 1. The smallest absolute Gasteiger partial charge is 0.224 e. The minimum absolute atomic E-state index is 0. The van der Waals surface area contributed by atoms with Crippen molar-refractivity contribution in [2.45, 2.75) is 32.9 Å². The molecule has 0 saturated heterocycles.